The highest BCUT2D eigenvalue weighted by atomic mass is 16.4. The number of aromatic hydroxyl groups is 1. The molecule has 9 N–H and O–H groups in total. The molecule has 2 rings (SSSR count). The number of carboxylic acid groups (broad SMARTS) is 3. The van der Waals surface area contributed by atoms with Gasteiger partial charge in [0.2, 0.25) is 17.7 Å². The molecule has 0 saturated carbocycles. The molecule has 0 bridgehead atoms. The van der Waals surface area contributed by atoms with E-state index >= 15 is 0 Å². The molecule has 14 nitrogen and oxygen atoms in total. The molecule has 0 heterocycles. The van der Waals surface area contributed by atoms with Crippen LogP contribution in [-0.4, -0.2) is 80.2 Å². The molecule has 2 aromatic rings. The Balaban J connectivity index is 2.14. The minimum absolute atomic E-state index is 0.0621. The number of nitrogens with two attached hydrogens (primary N) is 1. The quantitative estimate of drug-likeness (QED) is 0.132. The molecule has 214 valence electrons. The summed E-state index contributed by atoms with van der Waals surface area (Å²) in [6, 6.07) is 7.92. The zero-order valence-corrected chi connectivity index (χ0v) is 21.1. The third kappa shape index (κ3) is 10.4. The van der Waals surface area contributed by atoms with E-state index in [1.807, 2.05) is 0 Å². The van der Waals surface area contributed by atoms with Crippen molar-refractivity contribution in [1.82, 2.24) is 16.0 Å². The van der Waals surface area contributed by atoms with Gasteiger partial charge in [-0.3, -0.25) is 24.0 Å². The van der Waals surface area contributed by atoms with Gasteiger partial charge in [-0.15, -0.1) is 0 Å². The van der Waals surface area contributed by atoms with Crippen molar-refractivity contribution in [3.05, 3.63) is 65.7 Å². The molecule has 4 unspecified atom stereocenters. The lowest BCUT2D eigenvalue weighted by molar-refractivity contribution is -0.145. The first kappa shape index (κ1) is 31.2. The number of benzene rings is 2. The first-order valence-corrected chi connectivity index (χ1v) is 12.0. The predicted octanol–water partition coefficient (Wildman–Crippen LogP) is -1.01. The summed E-state index contributed by atoms with van der Waals surface area (Å²) in [6.45, 7) is 0. The summed E-state index contributed by atoms with van der Waals surface area (Å²) in [4.78, 5) is 72.8. The van der Waals surface area contributed by atoms with E-state index in [4.69, 9.17) is 5.73 Å². The molecule has 0 spiro atoms. The summed E-state index contributed by atoms with van der Waals surface area (Å²) >= 11 is 0. The van der Waals surface area contributed by atoms with Crippen LogP contribution in [0.1, 0.15) is 24.0 Å². The van der Waals surface area contributed by atoms with Crippen molar-refractivity contribution in [3.8, 4) is 5.75 Å². The molecule has 0 fully saturated rings. The minimum Gasteiger partial charge on any atom is -0.508 e. The Morgan fingerprint density at radius 3 is 1.55 bits per heavy atom. The normalized spacial score (nSPS) is 13.6. The number of phenols is 1. The van der Waals surface area contributed by atoms with E-state index in [2.05, 4.69) is 16.0 Å². The number of phenolic OH excluding ortho intramolecular Hbond substituents is 1. The highest BCUT2D eigenvalue weighted by molar-refractivity contribution is 5.96. The second kappa shape index (κ2) is 14.8. The fourth-order valence-electron chi connectivity index (χ4n) is 3.62. The smallest absolute Gasteiger partial charge is 0.326 e. The van der Waals surface area contributed by atoms with E-state index in [-0.39, 0.29) is 18.6 Å². The lowest BCUT2D eigenvalue weighted by atomic mass is 10.0. The van der Waals surface area contributed by atoms with Crippen molar-refractivity contribution in [3.63, 3.8) is 0 Å². The van der Waals surface area contributed by atoms with Crippen LogP contribution in [-0.2, 0) is 41.6 Å². The topological polar surface area (TPSA) is 245 Å². The first-order valence-electron chi connectivity index (χ1n) is 12.0. The summed E-state index contributed by atoms with van der Waals surface area (Å²) in [6.07, 6.45) is -2.03. The molecule has 0 aromatic heterocycles. The van der Waals surface area contributed by atoms with Gasteiger partial charge >= 0.3 is 17.9 Å². The third-order valence-electron chi connectivity index (χ3n) is 5.65. The standard InChI is InChI=1S/C26H30N4O10/c27-17(10-14-4-2-1-3-5-14)23(36)28-18(12-21(32)33)24(37)29-19(13-22(34)35)25(38)30-20(26(39)40)11-15-6-8-16(31)9-7-15/h1-9,17-20,31H,10-13,27H2,(H,28,36)(H,29,37)(H,30,38)(H,32,33)(H,34,35)(H,39,40). The molecule has 40 heavy (non-hydrogen) atoms. The number of rotatable bonds is 15. The van der Waals surface area contributed by atoms with Crippen molar-refractivity contribution in [2.45, 2.75) is 49.9 Å². The van der Waals surface area contributed by atoms with E-state index in [1.165, 1.54) is 24.3 Å². The molecular formula is C26H30N4O10. The Morgan fingerprint density at radius 1 is 0.625 bits per heavy atom. The van der Waals surface area contributed by atoms with Gasteiger partial charge in [0.25, 0.3) is 0 Å². The van der Waals surface area contributed by atoms with E-state index < -0.39 is 72.6 Å². The number of carbonyl (C=O) groups excluding carboxylic acids is 3. The van der Waals surface area contributed by atoms with Crippen LogP contribution in [0.5, 0.6) is 5.75 Å². The maximum Gasteiger partial charge on any atom is 0.326 e. The van der Waals surface area contributed by atoms with Gasteiger partial charge in [0, 0.05) is 6.42 Å². The van der Waals surface area contributed by atoms with Gasteiger partial charge in [-0.25, -0.2) is 4.79 Å². The number of carboxylic acids is 3. The monoisotopic (exact) mass is 558 g/mol. The van der Waals surface area contributed by atoms with Crippen LogP contribution in [0.15, 0.2) is 54.6 Å². The first-order chi connectivity index (χ1) is 18.8. The summed E-state index contributed by atoms with van der Waals surface area (Å²) in [5.41, 5.74) is 7.04. The molecule has 0 aliphatic rings. The van der Waals surface area contributed by atoms with Gasteiger partial charge in [-0.1, -0.05) is 42.5 Å². The maximum absolute atomic E-state index is 12.9. The van der Waals surface area contributed by atoms with Crippen LogP contribution in [0.2, 0.25) is 0 Å². The molecule has 4 atom stereocenters. The van der Waals surface area contributed by atoms with Crippen LogP contribution in [0.4, 0.5) is 0 Å². The van der Waals surface area contributed by atoms with Crippen molar-refractivity contribution in [2.24, 2.45) is 5.73 Å². The predicted molar refractivity (Wildman–Crippen MR) is 138 cm³/mol. The average Bonchev–Trinajstić information content (AvgIpc) is 2.88. The van der Waals surface area contributed by atoms with Gasteiger partial charge in [0.1, 0.15) is 23.9 Å². The Labute approximate surface area is 228 Å². The Bertz CT molecular complexity index is 1220. The highest BCUT2D eigenvalue weighted by Crippen LogP contribution is 2.12. The fraction of sp³-hybridized carbons (Fsp3) is 0.308. The Hall–Kier alpha value is -4.98. The van der Waals surface area contributed by atoms with Gasteiger partial charge in [-0.05, 0) is 29.7 Å². The molecule has 0 aliphatic heterocycles. The van der Waals surface area contributed by atoms with Crippen molar-refractivity contribution in [1.29, 1.82) is 0 Å². The molecule has 0 saturated heterocycles. The Kier molecular flexibility index (Phi) is 11.6. The number of amides is 3. The lowest BCUT2D eigenvalue weighted by Crippen LogP contribution is -2.58. The summed E-state index contributed by atoms with van der Waals surface area (Å²) in [7, 11) is 0. The van der Waals surface area contributed by atoms with Crippen molar-refractivity contribution in [2.75, 3.05) is 0 Å². The van der Waals surface area contributed by atoms with E-state index in [9.17, 15) is 49.2 Å². The zero-order chi connectivity index (χ0) is 29.8. The number of nitrogens with one attached hydrogen (secondary N) is 3. The molecular weight excluding hydrogens is 528 g/mol. The summed E-state index contributed by atoms with van der Waals surface area (Å²) in [5, 5.41) is 43.8. The molecule has 0 radical (unpaired) electrons. The number of carbonyl (C=O) groups is 6. The molecule has 0 aliphatic carbocycles. The summed E-state index contributed by atoms with van der Waals surface area (Å²) < 4.78 is 0. The van der Waals surface area contributed by atoms with Crippen LogP contribution in [0, 0.1) is 0 Å². The third-order valence-corrected chi connectivity index (χ3v) is 5.65. The van der Waals surface area contributed by atoms with Crippen LogP contribution >= 0.6 is 0 Å². The molecule has 2 aromatic carbocycles. The van der Waals surface area contributed by atoms with Crippen molar-refractivity contribution >= 4 is 35.6 Å². The lowest BCUT2D eigenvalue weighted by Gasteiger charge is -2.24. The zero-order valence-electron chi connectivity index (χ0n) is 21.1. The SMILES string of the molecule is NC(Cc1ccccc1)C(=O)NC(CC(=O)O)C(=O)NC(CC(=O)O)C(=O)NC(Cc1ccc(O)cc1)C(=O)O. The van der Waals surface area contributed by atoms with Crippen molar-refractivity contribution < 1.29 is 49.2 Å². The molecule has 14 heteroatoms. The van der Waals surface area contributed by atoms with Gasteiger partial charge in [-0.2, -0.15) is 0 Å². The molecule has 3 amide bonds. The second-order valence-corrected chi connectivity index (χ2v) is 8.88. The largest absolute Gasteiger partial charge is 0.508 e. The fourth-order valence-corrected chi connectivity index (χ4v) is 3.62. The van der Waals surface area contributed by atoms with E-state index in [1.54, 1.807) is 30.3 Å². The number of hydrogen-bond acceptors (Lipinski definition) is 8. The van der Waals surface area contributed by atoms with E-state index in [0.717, 1.165) is 0 Å². The maximum atomic E-state index is 12.9. The Morgan fingerprint density at radius 2 is 1.07 bits per heavy atom. The minimum atomic E-state index is -1.81. The van der Waals surface area contributed by atoms with Crippen LogP contribution in [0.3, 0.4) is 0 Å². The second-order valence-electron chi connectivity index (χ2n) is 8.88. The average molecular weight is 559 g/mol. The highest BCUT2D eigenvalue weighted by Gasteiger charge is 2.32. The van der Waals surface area contributed by atoms with Gasteiger partial charge < -0.3 is 42.1 Å². The summed E-state index contributed by atoms with van der Waals surface area (Å²) in [5.74, 6) is -7.72. The van der Waals surface area contributed by atoms with E-state index in [0.29, 0.717) is 11.1 Å². The van der Waals surface area contributed by atoms with Crippen LogP contribution < -0.4 is 21.7 Å². The van der Waals surface area contributed by atoms with Gasteiger partial charge in [0.05, 0.1) is 18.9 Å². The van der Waals surface area contributed by atoms with Gasteiger partial charge in [0.15, 0.2) is 0 Å². The number of aliphatic carboxylic acids is 3. The van der Waals surface area contributed by atoms with Crippen LogP contribution in [0.25, 0.3) is 0 Å². The number of hydrogen-bond donors (Lipinski definition) is 8.